The SMILES string of the molecule is CCCCCn1c(=O)c2ccccc2n2c(SCC(=O)Nc3ccc(OC)c(Cl)c3)nnc12. The van der Waals surface area contributed by atoms with Crippen LogP contribution in [0.5, 0.6) is 5.75 Å². The van der Waals surface area contributed by atoms with Crippen molar-refractivity contribution in [1.82, 2.24) is 19.2 Å². The number of nitrogens with zero attached hydrogens (tertiary/aromatic N) is 4. The van der Waals surface area contributed by atoms with E-state index in [1.54, 1.807) is 22.8 Å². The van der Waals surface area contributed by atoms with E-state index < -0.39 is 0 Å². The van der Waals surface area contributed by atoms with Gasteiger partial charge < -0.3 is 10.1 Å². The second-order valence-corrected chi connectivity index (χ2v) is 8.83. The van der Waals surface area contributed by atoms with E-state index in [9.17, 15) is 9.59 Å². The number of benzene rings is 2. The average Bonchev–Trinajstić information content (AvgIpc) is 3.24. The number of hydrogen-bond acceptors (Lipinski definition) is 6. The van der Waals surface area contributed by atoms with Crippen molar-refractivity contribution in [2.24, 2.45) is 0 Å². The van der Waals surface area contributed by atoms with Crippen LogP contribution in [-0.4, -0.2) is 37.9 Å². The van der Waals surface area contributed by atoms with Crippen LogP contribution in [0, 0.1) is 0 Å². The summed E-state index contributed by atoms with van der Waals surface area (Å²) in [5.41, 5.74) is 1.22. The molecule has 0 atom stereocenters. The lowest BCUT2D eigenvalue weighted by molar-refractivity contribution is -0.113. The fourth-order valence-electron chi connectivity index (χ4n) is 3.62. The molecule has 8 nitrogen and oxygen atoms in total. The Morgan fingerprint density at radius 2 is 2.00 bits per heavy atom. The summed E-state index contributed by atoms with van der Waals surface area (Å²) >= 11 is 7.39. The molecule has 33 heavy (non-hydrogen) atoms. The van der Waals surface area contributed by atoms with Crippen LogP contribution >= 0.6 is 23.4 Å². The lowest BCUT2D eigenvalue weighted by atomic mass is 10.2. The molecule has 10 heteroatoms. The lowest BCUT2D eigenvalue weighted by Crippen LogP contribution is -2.23. The molecule has 2 aromatic carbocycles. The summed E-state index contributed by atoms with van der Waals surface area (Å²) in [5.74, 6) is 0.933. The topological polar surface area (TPSA) is 90.5 Å². The van der Waals surface area contributed by atoms with Crippen LogP contribution in [0.4, 0.5) is 5.69 Å². The third-order valence-electron chi connectivity index (χ3n) is 5.23. The number of amides is 1. The summed E-state index contributed by atoms with van der Waals surface area (Å²) in [7, 11) is 1.53. The van der Waals surface area contributed by atoms with E-state index in [1.807, 2.05) is 28.7 Å². The van der Waals surface area contributed by atoms with E-state index in [1.165, 1.54) is 18.9 Å². The highest BCUT2D eigenvalue weighted by molar-refractivity contribution is 7.99. The van der Waals surface area contributed by atoms with Gasteiger partial charge in [-0.1, -0.05) is 55.3 Å². The first kappa shape index (κ1) is 23.1. The summed E-state index contributed by atoms with van der Waals surface area (Å²) in [6.07, 6.45) is 2.96. The quantitative estimate of drug-likeness (QED) is 0.274. The van der Waals surface area contributed by atoms with Crippen molar-refractivity contribution in [1.29, 1.82) is 0 Å². The summed E-state index contributed by atoms with van der Waals surface area (Å²) < 4.78 is 8.66. The number of thioether (sulfide) groups is 1. The van der Waals surface area contributed by atoms with Gasteiger partial charge in [0.1, 0.15) is 5.75 Å². The number of nitrogens with one attached hydrogen (secondary N) is 1. The van der Waals surface area contributed by atoms with Crippen molar-refractivity contribution in [2.45, 2.75) is 37.9 Å². The van der Waals surface area contributed by atoms with Crippen LogP contribution in [0.15, 0.2) is 52.4 Å². The summed E-state index contributed by atoms with van der Waals surface area (Å²) in [5, 5.41) is 13.0. The number of unbranched alkanes of at least 4 members (excludes halogenated alkanes) is 2. The number of ether oxygens (including phenoxy) is 1. The molecule has 0 aliphatic heterocycles. The first-order valence-electron chi connectivity index (χ1n) is 10.7. The maximum atomic E-state index is 13.1. The number of fused-ring (bicyclic) bond motifs is 3. The van der Waals surface area contributed by atoms with Crippen LogP contribution < -0.4 is 15.6 Å². The molecule has 0 aliphatic carbocycles. The highest BCUT2D eigenvalue weighted by Crippen LogP contribution is 2.27. The highest BCUT2D eigenvalue weighted by Gasteiger charge is 2.17. The Labute approximate surface area is 199 Å². The minimum atomic E-state index is -0.210. The number of para-hydroxylation sites is 1. The maximum absolute atomic E-state index is 13.1. The van der Waals surface area contributed by atoms with Crippen molar-refractivity contribution in [3.8, 4) is 5.75 Å². The first-order valence-corrected chi connectivity index (χ1v) is 12.0. The molecule has 4 aromatic rings. The molecule has 2 heterocycles. The van der Waals surface area contributed by atoms with Gasteiger partial charge in [0.15, 0.2) is 5.16 Å². The standard InChI is InChI=1S/C23H24ClN5O3S/c1-3-4-7-12-28-21(31)16-8-5-6-9-18(16)29-22(28)26-27-23(29)33-14-20(30)25-15-10-11-19(32-2)17(24)13-15/h5-6,8-11,13H,3-4,7,12,14H2,1-2H3,(H,25,30). The molecule has 0 unspecified atom stereocenters. The third kappa shape index (κ3) is 4.84. The van der Waals surface area contributed by atoms with Gasteiger partial charge in [-0.2, -0.15) is 0 Å². The normalized spacial score (nSPS) is 11.2. The van der Waals surface area contributed by atoms with Crippen LogP contribution in [0.25, 0.3) is 16.7 Å². The predicted octanol–water partition coefficient (Wildman–Crippen LogP) is 4.63. The molecular formula is C23H24ClN5O3S. The maximum Gasteiger partial charge on any atom is 0.262 e. The minimum Gasteiger partial charge on any atom is -0.495 e. The van der Waals surface area contributed by atoms with Crippen molar-refractivity contribution in [3.05, 3.63) is 57.8 Å². The third-order valence-corrected chi connectivity index (χ3v) is 6.46. The number of anilines is 1. The number of aromatic nitrogens is 4. The fourth-order valence-corrected chi connectivity index (χ4v) is 4.62. The van der Waals surface area contributed by atoms with Crippen LogP contribution in [-0.2, 0) is 11.3 Å². The molecule has 0 fully saturated rings. The molecule has 0 bridgehead atoms. The summed E-state index contributed by atoms with van der Waals surface area (Å²) in [6.45, 7) is 2.69. The minimum absolute atomic E-state index is 0.0766. The Bertz CT molecular complexity index is 1370. The second kappa shape index (κ2) is 10.3. The monoisotopic (exact) mass is 485 g/mol. The average molecular weight is 486 g/mol. The van der Waals surface area contributed by atoms with Crippen molar-refractivity contribution in [2.75, 3.05) is 18.2 Å². The number of carbonyl (C=O) groups is 1. The van der Waals surface area contributed by atoms with Gasteiger partial charge in [0.05, 0.1) is 28.8 Å². The molecular weight excluding hydrogens is 462 g/mol. The molecule has 1 N–H and O–H groups in total. The molecule has 0 saturated heterocycles. The van der Waals surface area contributed by atoms with Gasteiger partial charge >= 0.3 is 0 Å². The molecule has 4 rings (SSSR count). The summed E-state index contributed by atoms with van der Waals surface area (Å²) in [4.78, 5) is 25.6. The molecule has 0 spiro atoms. The van der Waals surface area contributed by atoms with E-state index in [0.29, 0.717) is 39.3 Å². The molecule has 2 aromatic heterocycles. The molecule has 0 radical (unpaired) electrons. The predicted molar refractivity (Wildman–Crippen MR) is 132 cm³/mol. The van der Waals surface area contributed by atoms with Crippen LogP contribution in [0.1, 0.15) is 26.2 Å². The Morgan fingerprint density at radius 3 is 2.76 bits per heavy atom. The highest BCUT2D eigenvalue weighted by atomic mass is 35.5. The first-order chi connectivity index (χ1) is 16.0. The Morgan fingerprint density at radius 1 is 1.18 bits per heavy atom. The Kier molecular flexibility index (Phi) is 7.20. The van der Waals surface area contributed by atoms with Crippen LogP contribution in [0.3, 0.4) is 0 Å². The van der Waals surface area contributed by atoms with Gasteiger partial charge in [-0.15, -0.1) is 10.2 Å². The van der Waals surface area contributed by atoms with Crippen molar-refractivity contribution < 1.29 is 9.53 Å². The van der Waals surface area contributed by atoms with Gasteiger partial charge in [-0.25, -0.2) is 0 Å². The number of rotatable bonds is 9. The zero-order valence-corrected chi connectivity index (χ0v) is 19.9. The zero-order valence-electron chi connectivity index (χ0n) is 18.4. The number of halogens is 1. The fraction of sp³-hybridized carbons (Fsp3) is 0.304. The molecule has 0 saturated carbocycles. The van der Waals surface area contributed by atoms with Gasteiger partial charge in [0, 0.05) is 12.2 Å². The second-order valence-electron chi connectivity index (χ2n) is 7.49. The molecule has 172 valence electrons. The number of carbonyl (C=O) groups excluding carboxylic acids is 1. The lowest BCUT2D eigenvalue weighted by Gasteiger charge is -2.11. The summed E-state index contributed by atoms with van der Waals surface area (Å²) in [6, 6.07) is 12.4. The van der Waals surface area contributed by atoms with E-state index in [2.05, 4.69) is 22.4 Å². The number of hydrogen-bond donors (Lipinski definition) is 1. The van der Waals surface area contributed by atoms with Crippen LogP contribution in [0.2, 0.25) is 5.02 Å². The Balaban J connectivity index is 1.60. The number of methoxy groups -OCH3 is 1. The van der Waals surface area contributed by atoms with Gasteiger partial charge in [-0.3, -0.25) is 18.6 Å². The largest absolute Gasteiger partial charge is 0.495 e. The van der Waals surface area contributed by atoms with Gasteiger partial charge in [0.25, 0.3) is 5.56 Å². The van der Waals surface area contributed by atoms with Gasteiger partial charge in [-0.05, 0) is 36.8 Å². The van der Waals surface area contributed by atoms with E-state index in [-0.39, 0.29) is 17.2 Å². The van der Waals surface area contributed by atoms with Crippen molar-refractivity contribution in [3.63, 3.8) is 0 Å². The smallest absolute Gasteiger partial charge is 0.262 e. The van der Waals surface area contributed by atoms with E-state index in [0.717, 1.165) is 24.8 Å². The van der Waals surface area contributed by atoms with Crippen molar-refractivity contribution >= 4 is 51.6 Å². The van der Waals surface area contributed by atoms with Gasteiger partial charge in [0.2, 0.25) is 11.7 Å². The molecule has 1 amide bonds. The zero-order chi connectivity index (χ0) is 23.4. The Hall–Kier alpha value is -3.04. The molecule has 0 aliphatic rings. The van der Waals surface area contributed by atoms with E-state index in [4.69, 9.17) is 16.3 Å². The number of aryl methyl sites for hydroxylation is 1. The van der Waals surface area contributed by atoms with E-state index >= 15 is 0 Å².